The van der Waals surface area contributed by atoms with Crippen LogP contribution in [0.15, 0.2) is 58.7 Å². The fraction of sp³-hybridized carbons (Fsp3) is 0.222. The zero-order chi connectivity index (χ0) is 25.4. The predicted molar refractivity (Wildman–Crippen MR) is 132 cm³/mol. The lowest BCUT2D eigenvalue weighted by Crippen LogP contribution is -2.23. The van der Waals surface area contributed by atoms with Crippen molar-refractivity contribution in [3.8, 4) is 17.6 Å². The van der Waals surface area contributed by atoms with E-state index in [-0.39, 0.29) is 24.6 Å². The van der Waals surface area contributed by atoms with Gasteiger partial charge in [0.15, 0.2) is 18.1 Å². The number of benzene rings is 2. The van der Waals surface area contributed by atoms with Gasteiger partial charge in [-0.15, -0.1) is 0 Å². The monoisotopic (exact) mass is 473 g/mol. The Hall–Kier alpha value is -4.51. The number of rotatable bonds is 9. The second-order valence-corrected chi connectivity index (χ2v) is 7.95. The molecule has 0 atom stereocenters. The number of carbonyl (C=O) groups is 2. The number of methoxy groups -OCH3 is 1. The van der Waals surface area contributed by atoms with Crippen molar-refractivity contribution < 1.29 is 23.5 Å². The van der Waals surface area contributed by atoms with E-state index < -0.39 is 5.91 Å². The van der Waals surface area contributed by atoms with E-state index in [9.17, 15) is 14.9 Å². The number of hydrogen-bond acceptors (Lipinski definition) is 6. The Morgan fingerprint density at radius 2 is 1.83 bits per heavy atom. The summed E-state index contributed by atoms with van der Waals surface area (Å²) in [4.78, 5) is 24.8. The van der Waals surface area contributed by atoms with Crippen LogP contribution >= 0.6 is 0 Å². The third-order valence-corrected chi connectivity index (χ3v) is 5.17. The summed E-state index contributed by atoms with van der Waals surface area (Å²) in [5.74, 6) is 0.476. The van der Waals surface area contributed by atoms with Gasteiger partial charge in [0.25, 0.3) is 11.8 Å². The first kappa shape index (κ1) is 25.1. The van der Waals surface area contributed by atoms with Gasteiger partial charge in [-0.2, -0.15) is 5.26 Å². The summed E-state index contributed by atoms with van der Waals surface area (Å²) in [6, 6.07) is 14.3. The molecular formula is C27H27N3O5. The van der Waals surface area contributed by atoms with Gasteiger partial charge in [0.2, 0.25) is 0 Å². The summed E-state index contributed by atoms with van der Waals surface area (Å²) in [5, 5.41) is 14.9. The summed E-state index contributed by atoms with van der Waals surface area (Å²) in [6.45, 7) is 5.85. The molecule has 0 aliphatic heterocycles. The van der Waals surface area contributed by atoms with Gasteiger partial charge in [-0.3, -0.25) is 9.59 Å². The van der Waals surface area contributed by atoms with E-state index in [1.165, 1.54) is 19.4 Å². The molecule has 1 heterocycles. The highest BCUT2D eigenvalue weighted by atomic mass is 16.5. The van der Waals surface area contributed by atoms with E-state index in [2.05, 4.69) is 10.6 Å². The van der Waals surface area contributed by atoms with Crippen molar-refractivity contribution in [1.82, 2.24) is 5.32 Å². The van der Waals surface area contributed by atoms with Gasteiger partial charge in [0, 0.05) is 5.69 Å². The summed E-state index contributed by atoms with van der Waals surface area (Å²) in [7, 11) is 1.47. The van der Waals surface area contributed by atoms with Crippen molar-refractivity contribution in [2.24, 2.45) is 0 Å². The van der Waals surface area contributed by atoms with Gasteiger partial charge < -0.3 is 24.5 Å². The lowest BCUT2D eigenvalue weighted by atomic mass is 10.1. The van der Waals surface area contributed by atoms with Crippen LogP contribution < -0.4 is 20.1 Å². The van der Waals surface area contributed by atoms with E-state index in [4.69, 9.17) is 13.9 Å². The number of nitrogens with one attached hydrogen (secondary N) is 2. The zero-order valence-electron chi connectivity index (χ0n) is 20.1. The zero-order valence-corrected chi connectivity index (χ0v) is 20.1. The van der Waals surface area contributed by atoms with Crippen molar-refractivity contribution in [2.75, 3.05) is 19.0 Å². The number of amides is 2. The molecule has 0 unspecified atom stereocenters. The Balaban J connectivity index is 1.65. The molecule has 8 nitrogen and oxygen atoms in total. The van der Waals surface area contributed by atoms with Crippen LogP contribution in [0.4, 0.5) is 5.69 Å². The molecule has 8 heteroatoms. The molecule has 1 aromatic heterocycles. The number of hydrogen-bond donors (Lipinski definition) is 2. The summed E-state index contributed by atoms with van der Waals surface area (Å²) in [5.41, 5.74) is 4.34. The maximum absolute atomic E-state index is 12.5. The van der Waals surface area contributed by atoms with Gasteiger partial charge in [-0.05, 0) is 67.8 Å². The predicted octanol–water partition coefficient (Wildman–Crippen LogP) is 4.45. The van der Waals surface area contributed by atoms with Crippen molar-refractivity contribution in [3.05, 3.63) is 82.3 Å². The molecule has 3 aromatic rings. The normalized spacial score (nSPS) is 10.9. The largest absolute Gasteiger partial charge is 0.493 e. The molecule has 0 saturated carbocycles. The average molecular weight is 474 g/mol. The van der Waals surface area contributed by atoms with Crippen LogP contribution in [0.25, 0.3) is 6.08 Å². The minimum Gasteiger partial charge on any atom is -0.493 e. The Morgan fingerprint density at radius 1 is 1.09 bits per heavy atom. The molecule has 0 aliphatic carbocycles. The molecule has 2 amide bonds. The molecular weight excluding hydrogens is 446 g/mol. The number of carbonyl (C=O) groups excluding carboxylic acids is 2. The molecule has 0 aliphatic rings. The highest BCUT2D eigenvalue weighted by Crippen LogP contribution is 2.29. The molecule has 0 spiro atoms. The Morgan fingerprint density at radius 3 is 2.46 bits per heavy atom. The Kier molecular flexibility index (Phi) is 8.30. The Labute approximate surface area is 204 Å². The van der Waals surface area contributed by atoms with Gasteiger partial charge in [-0.1, -0.05) is 23.8 Å². The number of nitriles is 1. The van der Waals surface area contributed by atoms with Crippen LogP contribution in [0.3, 0.4) is 0 Å². The maximum atomic E-state index is 12.5. The first-order chi connectivity index (χ1) is 16.8. The van der Waals surface area contributed by atoms with Gasteiger partial charge in [0.05, 0.1) is 19.9 Å². The van der Waals surface area contributed by atoms with Crippen LogP contribution in [-0.4, -0.2) is 25.5 Å². The second-order valence-electron chi connectivity index (χ2n) is 7.95. The quantitative estimate of drug-likeness (QED) is 0.351. The number of furan rings is 1. The van der Waals surface area contributed by atoms with Crippen LogP contribution in [0, 0.1) is 32.1 Å². The lowest BCUT2D eigenvalue weighted by molar-refractivity contribution is -0.118. The minimum absolute atomic E-state index is 0.0736. The van der Waals surface area contributed by atoms with E-state index in [0.717, 1.165) is 22.4 Å². The molecule has 3 rings (SSSR count). The van der Waals surface area contributed by atoms with Crippen LogP contribution in [0.5, 0.6) is 11.5 Å². The van der Waals surface area contributed by atoms with Crippen LogP contribution in [0.1, 0.15) is 28.0 Å². The average Bonchev–Trinajstić information content (AvgIpc) is 3.36. The lowest BCUT2D eigenvalue weighted by Gasteiger charge is -2.14. The molecule has 2 N–H and O–H groups in total. The Bertz CT molecular complexity index is 1260. The van der Waals surface area contributed by atoms with Crippen LogP contribution in [0.2, 0.25) is 0 Å². The fourth-order valence-electron chi connectivity index (χ4n) is 3.58. The van der Waals surface area contributed by atoms with Gasteiger partial charge in [0.1, 0.15) is 17.4 Å². The van der Waals surface area contributed by atoms with Crippen molar-refractivity contribution in [3.63, 3.8) is 0 Å². The highest BCUT2D eigenvalue weighted by Gasteiger charge is 2.13. The smallest absolute Gasteiger partial charge is 0.262 e. The van der Waals surface area contributed by atoms with Gasteiger partial charge >= 0.3 is 0 Å². The summed E-state index contributed by atoms with van der Waals surface area (Å²) < 4.78 is 16.2. The first-order valence-corrected chi connectivity index (χ1v) is 10.9. The van der Waals surface area contributed by atoms with Gasteiger partial charge in [-0.25, -0.2) is 0 Å². The van der Waals surface area contributed by atoms with Crippen LogP contribution in [-0.2, 0) is 16.1 Å². The van der Waals surface area contributed by atoms with Crippen molar-refractivity contribution in [2.45, 2.75) is 27.3 Å². The standard InChI is InChI=1S/C27H27N3O5/c1-17-10-18(2)26(19(3)11-17)30-25(31)16-35-23-8-7-20(13-24(23)33-4)12-21(14-28)27(32)29-15-22-6-5-9-34-22/h5-13H,15-16H2,1-4H3,(H,29,32)(H,30,31)/b21-12-. The SMILES string of the molecule is COc1cc(/C=C(/C#N)C(=O)NCc2ccco2)ccc1OCC(=O)Nc1c(C)cc(C)cc1C. The van der Waals surface area contributed by atoms with Crippen molar-refractivity contribution >= 4 is 23.6 Å². The number of anilines is 1. The molecule has 35 heavy (non-hydrogen) atoms. The number of nitrogens with zero attached hydrogens (tertiary/aromatic N) is 1. The van der Waals surface area contributed by atoms with E-state index in [1.54, 1.807) is 30.3 Å². The number of ether oxygens (including phenoxy) is 2. The topological polar surface area (TPSA) is 114 Å². The molecule has 0 saturated heterocycles. The summed E-state index contributed by atoms with van der Waals surface area (Å²) in [6.07, 6.45) is 2.95. The van der Waals surface area contributed by atoms with E-state index >= 15 is 0 Å². The molecule has 0 radical (unpaired) electrons. The minimum atomic E-state index is -0.526. The van der Waals surface area contributed by atoms with E-state index in [1.807, 2.05) is 39.0 Å². The molecule has 0 bridgehead atoms. The van der Waals surface area contributed by atoms with E-state index in [0.29, 0.717) is 22.8 Å². The first-order valence-electron chi connectivity index (χ1n) is 10.9. The summed E-state index contributed by atoms with van der Waals surface area (Å²) >= 11 is 0. The highest BCUT2D eigenvalue weighted by molar-refractivity contribution is 6.01. The molecule has 2 aromatic carbocycles. The third-order valence-electron chi connectivity index (χ3n) is 5.17. The number of aryl methyl sites for hydroxylation is 3. The maximum Gasteiger partial charge on any atom is 0.262 e. The molecule has 180 valence electrons. The van der Waals surface area contributed by atoms with Crippen molar-refractivity contribution in [1.29, 1.82) is 5.26 Å². The fourth-order valence-corrected chi connectivity index (χ4v) is 3.58. The second kappa shape index (κ2) is 11.6. The third kappa shape index (κ3) is 6.74. The molecule has 0 fully saturated rings.